The number of aliphatic carboxylic acids is 1. The van der Waals surface area contributed by atoms with Gasteiger partial charge in [-0.05, 0) is 75.3 Å². The molecule has 6 rings (SSSR count). The van der Waals surface area contributed by atoms with Gasteiger partial charge in [0.2, 0.25) is 5.91 Å². The van der Waals surface area contributed by atoms with Crippen LogP contribution in [0.15, 0.2) is 30.3 Å². The fourth-order valence-electron chi connectivity index (χ4n) is 7.75. The van der Waals surface area contributed by atoms with Gasteiger partial charge < -0.3 is 19.5 Å². The number of carboxylic acid groups (broad SMARTS) is 1. The topological polar surface area (TPSA) is 106 Å². The van der Waals surface area contributed by atoms with Crippen LogP contribution in [0.3, 0.4) is 0 Å². The summed E-state index contributed by atoms with van der Waals surface area (Å²) in [5, 5.41) is 11.1. The lowest BCUT2D eigenvalue weighted by Gasteiger charge is -2.30. The first-order chi connectivity index (χ1) is 20.0. The number of esters is 1. The van der Waals surface area contributed by atoms with Gasteiger partial charge in [0.05, 0.1) is 30.1 Å². The largest absolute Gasteiger partial charge is 0.487 e. The molecule has 2 aliphatic heterocycles. The van der Waals surface area contributed by atoms with Gasteiger partial charge in [-0.25, -0.2) is 9.78 Å². The molecule has 5 atom stereocenters. The summed E-state index contributed by atoms with van der Waals surface area (Å²) in [6, 6.07) is 8.99. The number of carbonyl (C=O) groups excluding carboxylic acids is 2. The highest BCUT2D eigenvalue weighted by Gasteiger charge is 2.46. The summed E-state index contributed by atoms with van der Waals surface area (Å²) >= 11 is 0. The van der Waals surface area contributed by atoms with Gasteiger partial charge in [0, 0.05) is 11.8 Å². The molecule has 1 aromatic heterocycles. The maximum absolute atomic E-state index is 14.1. The number of hydrogen-bond donors (Lipinski definition) is 1. The Morgan fingerprint density at radius 3 is 2.49 bits per heavy atom. The minimum absolute atomic E-state index is 0.0276. The highest BCUT2D eigenvalue weighted by atomic mass is 16.5. The predicted molar refractivity (Wildman–Crippen MR) is 153 cm³/mol. The maximum atomic E-state index is 14.1. The van der Waals surface area contributed by atoms with Crippen molar-refractivity contribution < 1.29 is 29.0 Å². The van der Waals surface area contributed by atoms with Crippen LogP contribution < -0.4 is 4.74 Å². The molecule has 2 bridgehead atoms. The van der Waals surface area contributed by atoms with E-state index in [0.29, 0.717) is 11.7 Å². The van der Waals surface area contributed by atoms with Crippen LogP contribution in [-0.4, -0.2) is 57.6 Å². The van der Waals surface area contributed by atoms with Gasteiger partial charge in [-0.2, -0.15) is 0 Å². The van der Waals surface area contributed by atoms with Crippen LogP contribution >= 0.6 is 0 Å². The van der Waals surface area contributed by atoms with E-state index in [-0.39, 0.29) is 43.3 Å². The SMILES string of the molecule is O=C1C[C@@H](C2CCCC2)C(=O)N2C[C@@H](C[C@H]2C(=O)O)Oc2cc3ccccc3nc2CCCCC[C@@H]2CCC[C@H]2O1. The van der Waals surface area contributed by atoms with Gasteiger partial charge >= 0.3 is 11.9 Å². The second kappa shape index (κ2) is 12.4. The summed E-state index contributed by atoms with van der Waals surface area (Å²) in [7, 11) is 0. The Morgan fingerprint density at radius 2 is 1.66 bits per heavy atom. The maximum Gasteiger partial charge on any atom is 0.326 e. The number of rotatable bonds is 2. The minimum atomic E-state index is -1.03. The molecule has 3 fully saturated rings. The standard InChI is InChI=1S/C33H42N2O6/c36-31-19-25(21-9-4-5-10-21)32(37)35-20-24(18-28(35)33(38)39)40-30-17-23-12-6-7-14-26(23)34-27(30)15-3-1-2-11-22-13-8-16-29(22)41-31/h6-7,12,14,17,21-22,24-25,28-29H,1-5,8-11,13,15-16,18-20H2,(H,38,39)/t22-,24-,25+,28+,29-/m1/s1. The Morgan fingerprint density at radius 1 is 0.902 bits per heavy atom. The molecule has 1 amide bonds. The summed E-state index contributed by atoms with van der Waals surface area (Å²) in [4.78, 5) is 46.1. The van der Waals surface area contributed by atoms with Crippen LogP contribution in [0.4, 0.5) is 0 Å². The monoisotopic (exact) mass is 562 g/mol. The number of carboxylic acids is 1. The van der Waals surface area contributed by atoms with Crippen molar-refractivity contribution in [2.45, 2.75) is 108 Å². The molecule has 8 nitrogen and oxygen atoms in total. The number of benzene rings is 1. The lowest BCUT2D eigenvalue weighted by molar-refractivity contribution is -0.157. The van der Waals surface area contributed by atoms with Crippen molar-refractivity contribution >= 4 is 28.7 Å². The van der Waals surface area contributed by atoms with Gasteiger partial charge in [0.25, 0.3) is 0 Å². The number of amides is 1. The number of aromatic nitrogens is 1. The first kappa shape index (κ1) is 28.0. The summed E-state index contributed by atoms with van der Waals surface area (Å²) in [5.41, 5.74) is 1.80. The Balaban J connectivity index is 1.32. The molecule has 2 aliphatic carbocycles. The van der Waals surface area contributed by atoms with Crippen molar-refractivity contribution in [3.8, 4) is 5.75 Å². The van der Waals surface area contributed by atoms with Crippen molar-refractivity contribution in [3.05, 3.63) is 36.0 Å². The Kier molecular flexibility index (Phi) is 8.45. The van der Waals surface area contributed by atoms with Gasteiger partial charge in [0.1, 0.15) is 24.0 Å². The third-order valence-electron chi connectivity index (χ3n) is 9.92. The van der Waals surface area contributed by atoms with Crippen molar-refractivity contribution in [1.82, 2.24) is 9.88 Å². The molecule has 8 heteroatoms. The van der Waals surface area contributed by atoms with Gasteiger partial charge in [0.15, 0.2) is 0 Å². The van der Waals surface area contributed by atoms with E-state index < -0.39 is 24.0 Å². The molecule has 3 heterocycles. The van der Waals surface area contributed by atoms with E-state index in [4.69, 9.17) is 14.5 Å². The molecule has 1 aromatic carbocycles. The van der Waals surface area contributed by atoms with Crippen LogP contribution in [0.5, 0.6) is 5.75 Å². The summed E-state index contributed by atoms with van der Waals surface area (Å²) in [6.45, 7) is 0.186. The average Bonchev–Trinajstić information content (AvgIpc) is 3.73. The molecule has 2 aromatic rings. The van der Waals surface area contributed by atoms with Crippen LogP contribution in [0.1, 0.15) is 89.2 Å². The van der Waals surface area contributed by atoms with Crippen molar-refractivity contribution in [2.75, 3.05) is 6.54 Å². The molecule has 4 aliphatic rings. The van der Waals surface area contributed by atoms with Crippen molar-refractivity contribution in [1.29, 1.82) is 0 Å². The number of carbonyl (C=O) groups is 3. The first-order valence-corrected chi connectivity index (χ1v) is 15.7. The quantitative estimate of drug-likeness (QED) is 0.469. The summed E-state index contributed by atoms with van der Waals surface area (Å²) in [6.07, 6.45) is 11.4. The van der Waals surface area contributed by atoms with Gasteiger partial charge in [-0.3, -0.25) is 9.59 Å². The molecule has 41 heavy (non-hydrogen) atoms. The zero-order chi connectivity index (χ0) is 28.3. The van der Waals surface area contributed by atoms with Crippen LogP contribution in [0.2, 0.25) is 0 Å². The van der Waals surface area contributed by atoms with E-state index in [1.54, 1.807) is 0 Å². The highest BCUT2D eigenvalue weighted by Crippen LogP contribution is 2.38. The minimum Gasteiger partial charge on any atom is -0.487 e. The molecule has 1 saturated heterocycles. The Hall–Kier alpha value is -3.16. The number of nitrogens with zero attached hydrogens (tertiary/aromatic N) is 2. The number of pyridine rings is 1. The first-order valence-electron chi connectivity index (χ1n) is 15.7. The predicted octanol–water partition coefficient (Wildman–Crippen LogP) is 5.69. The van der Waals surface area contributed by atoms with Crippen LogP contribution in [0, 0.1) is 17.8 Å². The molecule has 220 valence electrons. The zero-order valence-electron chi connectivity index (χ0n) is 23.8. The third-order valence-corrected chi connectivity index (χ3v) is 9.92. The van der Waals surface area contributed by atoms with Crippen molar-refractivity contribution in [3.63, 3.8) is 0 Å². The normalized spacial score (nSPS) is 30.2. The molecule has 1 N–H and O–H groups in total. The van der Waals surface area contributed by atoms with Gasteiger partial charge in [-0.1, -0.05) is 43.9 Å². The fourth-order valence-corrected chi connectivity index (χ4v) is 7.75. The number of aryl methyl sites for hydroxylation is 1. The number of para-hydroxylation sites is 1. The lowest BCUT2D eigenvalue weighted by atomic mass is 9.86. The summed E-state index contributed by atoms with van der Waals surface area (Å²) in [5.74, 6) is -1.01. The Bertz CT molecular complexity index is 1270. The van der Waals surface area contributed by atoms with E-state index >= 15 is 0 Å². The molecule has 2 saturated carbocycles. The second-order valence-electron chi connectivity index (χ2n) is 12.6. The van der Waals surface area contributed by atoms with Crippen LogP contribution in [0.25, 0.3) is 10.9 Å². The molecular formula is C33H42N2O6. The van der Waals surface area contributed by atoms with Crippen molar-refractivity contribution in [2.24, 2.45) is 17.8 Å². The van der Waals surface area contributed by atoms with E-state index in [1.807, 2.05) is 30.3 Å². The summed E-state index contributed by atoms with van der Waals surface area (Å²) < 4.78 is 12.5. The van der Waals surface area contributed by atoms with E-state index in [1.165, 1.54) is 4.90 Å². The number of ether oxygens (including phenoxy) is 2. The van der Waals surface area contributed by atoms with Gasteiger partial charge in [-0.15, -0.1) is 0 Å². The number of fused-ring (bicyclic) bond motifs is 5. The lowest BCUT2D eigenvalue weighted by Crippen LogP contribution is -2.46. The van der Waals surface area contributed by atoms with Crippen LogP contribution in [-0.2, 0) is 25.5 Å². The highest BCUT2D eigenvalue weighted by molar-refractivity contribution is 5.88. The van der Waals surface area contributed by atoms with E-state index in [0.717, 1.165) is 93.6 Å². The Labute approximate surface area is 241 Å². The molecule has 0 unspecified atom stereocenters. The third kappa shape index (κ3) is 6.21. The van der Waals surface area contributed by atoms with E-state index in [9.17, 15) is 19.5 Å². The zero-order valence-corrected chi connectivity index (χ0v) is 23.8. The molecule has 0 spiro atoms. The second-order valence-corrected chi connectivity index (χ2v) is 12.6. The van der Waals surface area contributed by atoms with E-state index in [2.05, 4.69) is 0 Å². The molecular weight excluding hydrogens is 520 g/mol. The number of hydrogen-bond acceptors (Lipinski definition) is 6. The fraction of sp³-hybridized carbons (Fsp3) is 0.636. The smallest absolute Gasteiger partial charge is 0.326 e. The average molecular weight is 563 g/mol. The molecule has 0 radical (unpaired) electrons.